The van der Waals surface area contributed by atoms with Crippen molar-refractivity contribution in [2.24, 2.45) is 11.3 Å². The quantitative estimate of drug-likeness (QED) is 0.500. The Morgan fingerprint density at radius 2 is 1.83 bits per heavy atom. The van der Waals surface area contributed by atoms with Crippen LogP contribution in [0, 0.1) is 17.2 Å². The summed E-state index contributed by atoms with van der Waals surface area (Å²) in [4.78, 5) is 21.5. The van der Waals surface area contributed by atoms with E-state index < -0.39 is 11.4 Å². The molecule has 1 saturated carbocycles. The van der Waals surface area contributed by atoms with Gasteiger partial charge in [0.15, 0.2) is 11.7 Å². The number of H-pyrrole nitrogens is 1. The molecular weight excluding hydrogens is 449 g/mol. The van der Waals surface area contributed by atoms with E-state index in [1.54, 1.807) is 13.8 Å². The number of rotatable bonds is 6. The molecule has 186 valence electrons. The number of aromatic amines is 1. The van der Waals surface area contributed by atoms with E-state index in [1.165, 1.54) is 6.07 Å². The van der Waals surface area contributed by atoms with Gasteiger partial charge in [0.25, 0.3) is 0 Å². The summed E-state index contributed by atoms with van der Waals surface area (Å²) >= 11 is 0. The number of hydrogen-bond donors (Lipinski definition) is 2. The summed E-state index contributed by atoms with van der Waals surface area (Å²) in [6, 6.07) is 11.1. The van der Waals surface area contributed by atoms with Crippen LogP contribution in [-0.2, 0) is 9.53 Å². The van der Waals surface area contributed by atoms with Crippen LogP contribution in [0.3, 0.4) is 0 Å². The minimum atomic E-state index is -0.753. The van der Waals surface area contributed by atoms with E-state index >= 15 is 0 Å². The van der Waals surface area contributed by atoms with Crippen LogP contribution in [0.2, 0.25) is 0 Å². The Balaban J connectivity index is 1.28. The SMILES string of the molecule is CC(C)(C(=O)O)[C@H]1CC[C@H](Oc2cc3nc(-c4ccc(N5CCOCC5)cc4)c(F)cc3[nH]2)CC1. The zero-order valence-corrected chi connectivity index (χ0v) is 20.2. The van der Waals surface area contributed by atoms with Crippen molar-refractivity contribution in [3.63, 3.8) is 0 Å². The van der Waals surface area contributed by atoms with Gasteiger partial charge in [-0.15, -0.1) is 0 Å². The smallest absolute Gasteiger partial charge is 0.309 e. The zero-order valence-electron chi connectivity index (χ0n) is 20.2. The lowest BCUT2D eigenvalue weighted by Gasteiger charge is -2.36. The number of aliphatic carboxylic acids is 1. The average Bonchev–Trinajstić information content (AvgIpc) is 3.25. The largest absolute Gasteiger partial charge is 0.481 e. The zero-order chi connectivity index (χ0) is 24.6. The molecule has 1 aliphatic carbocycles. The molecule has 0 bridgehead atoms. The number of nitrogens with one attached hydrogen (secondary N) is 1. The second-order valence-electron chi connectivity index (χ2n) is 10.1. The van der Waals surface area contributed by atoms with Crippen LogP contribution >= 0.6 is 0 Å². The topological polar surface area (TPSA) is 87.7 Å². The number of fused-ring (bicyclic) bond motifs is 1. The van der Waals surface area contributed by atoms with Gasteiger partial charge in [-0.05, 0) is 57.6 Å². The van der Waals surface area contributed by atoms with Gasteiger partial charge >= 0.3 is 5.97 Å². The molecule has 3 aromatic rings. The van der Waals surface area contributed by atoms with Crippen LogP contribution in [0.1, 0.15) is 39.5 Å². The van der Waals surface area contributed by atoms with Crippen LogP contribution in [0.15, 0.2) is 36.4 Å². The molecule has 0 unspecified atom stereocenters. The van der Waals surface area contributed by atoms with Crippen molar-refractivity contribution in [3.05, 3.63) is 42.2 Å². The summed E-state index contributed by atoms with van der Waals surface area (Å²) in [7, 11) is 0. The number of nitrogens with zero attached hydrogens (tertiary/aromatic N) is 2. The maximum absolute atomic E-state index is 15.0. The lowest BCUT2D eigenvalue weighted by Crippen LogP contribution is -2.37. The van der Waals surface area contributed by atoms with E-state index in [1.807, 2.05) is 30.3 Å². The highest BCUT2D eigenvalue weighted by Gasteiger charge is 2.39. The van der Waals surface area contributed by atoms with E-state index in [9.17, 15) is 14.3 Å². The van der Waals surface area contributed by atoms with Crippen molar-refractivity contribution in [2.75, 3.05) is 31.2 Å². The number of anilines is 1. The van der Waals surface area contributed by atoms with Crippen molar-refractivity contribution in [1.82, 2.24) is 9.97 Å². The summed E-state index contributed by atoms with van der Waals surface area (Å²) in [6.45, 7) is 6.73. The molecule has 0 atom stereocenters. The highest BCUT2D eigenvalue weighted by Crippen LogP contribution is 2.39. The van der Waals surface area contributed by atoms with Gasteiger partial charge in [0.1, 0.15) is 11.8 Å². The molecule has 0 amide bonds. The Morgan fingerprint density at radius 1 is 1.14 bits per heavy atom. The van der Waals surface area contributed by atoms with Gasteiger partial charge in [-0.2, -0.15) is 0 Å². The molecule has 0 radical (unpaired) electrons. The Hall–Kier alpha value is -3.13. The third-order valence-corrected chi connectivity index (χ3v) is 7.59. The predicted molar refractivity (Wildman–Crippen MR) is 132 cm³/mol. The number of ether oxygens (including phenoxy) is 2. The Kier molecular flexibility index (Phi) is 6.40. The number of pyridine rings is 1. The summed E-state index contributed by atoms with van der Waals surface area (Å²) in [5.41, 5.74) is 2.64. The van der Waals surface area contributed by atoms with Crippen molar-refractivity contribution in [1.29, 1.82) is 0 Å². The average molecular weight is 482 g/mol. The molecule has 2 aliphatic rings. The first-order chi connectivity index (χ1) is 16.8. The number of morpholine rings is 1. The number of benzene rings is 1. The maximum Gasteiger partial charge on any atom is 0.309 e. The van der Waals surface area contributed by atoms with Gasteiger partial charge in [-0.25, -0.2) is 9.37 Å². The first-order valence-corrected chi connectivity index (χ1v) is 12.3. The van der Waals surface area contributed by atoms with E-state index in [0.29, 0.717) is 35.8 Å². The maximum atomic E-state index is 15.0. The monoisotopic (exact) mass is 481 g/mol. The summed E-state index contributed by atoms with van der Waals surface area (Å²) in [6.07, 6.45) is 3.20. The van der Waals surface area contributed by atoms with Crippen LogP contribution in [0.5, 0.6) is 5.88 Å². The molecule has 0 spiro atoms. The molecular formula is C27H32FN3O4. The molecule has 7 nitrogen and oxygen atoms in total. The number of carbonyl (C=O) groups is 1. The highest BCUT2D eigenvalue weighted by atomic mass is 19.1. The highest BCUT2D eigenvalue weighted by molar-refractivity contribution is 5.81. The molecule has 5 rings (SSSR count). The van der Waals surface area contributed by atoms with Crippen LogP contribution in [0.25, 0.3) is 22.3 Å². The van der Waals surface area contributed by atoms with Crippen molar-refractivity contribution in [2.45, 2.75) is 45.6 Å². The summed E-state index contributed by atoms with van der Waals surface area (Å²) in [5, 5.41) is 9.50. The standard InChI is InChI=1S/C27H32FN3O4/c1-27(2,26(32)33)18-5-9-20(10-6-18)35-24-16-23-22(29-24)15-21(28)25(30-23)17-3-7-19(8-4-17)31-11-13-34-14-12-31/h3-4,7-8,15-16,18,20,29H,5-6,9-14H2,1-2H3,(H,32,33)/t18-,20-. The second-order valence-corrected chi connectivity index (χ2v) is 10.1. The van der Waals surface area contributed by atoms with Crippen molar-refractivity contribution >= 4 is 22.7 Å². The number of carboxylic acids is 1. The molecule has 1 saturated heterocycles. The lowest BCUT2D eigenvalue weighted by atomic mass is 9.70. The Labute approximate surface area is 204 Å². The molecule has 2 aromatic heterocycles. The van der Waals surface area contributed by atoms with Crippen LogP contribution in [-0.4, -0.2) is 53.5 Å². The minimum absolute atomic E-state index is 0.000885. The van der Waals surface area contributed by atoms with Gasteiger partial charge in [0.05, 0.1) is 29.7 Å². The molecule has 35 heavy (non-hydrogen) atoms. The van der Waals surface area contributed by atoms with E-state index in [0.717, 1.165) is 50.0 Å². The minimum Gasteiger partial charge on any atom is -0.481 e. The van der Waals surface area contributed by atoms with Crippen molar-refractivity contribution in [3.8, 4) is 17.1 Å². The fourth-order valence-electron chi connectivity index (χ4n) is 5.18. The third kappa shape index (κ3) is 4.85. The third-order valence-electron chi connectivity index (χ3n) is 7.59. The summed E-state index contributed by atoms with van der Waals surface area (Å²) in [5.74, 6) is -0.443. The second kappa shape index (κ2) is 9.49. The number of carboxylic acid groups (broad SMARTS) is 1. The Bertz CT molecular complexity index is 1190. The van der Waals surface area contributed by atoms with E-state index in [-0.39, 0.29) is 17.8 Å². The molecule has 3 heterocycles. The first kappa shape index (κ1) is 23.6. The van der Waals surface area contributed by atoms with E-state index in [4.69, 9.17) is 9.47 Å². The van der Waals surface area contributed by atoms with Gasteiger partial charge in [0.2, 0.25) is 0 Å². The molecule has 8 heteroatoms. The van der Waals surface area contributed by atoms with Gasteiger partial charge in [-0.1, -0.05) is 12.1 Å². The molecule has 1 aliphatic heterocycles. The first-order valence-electron chi connectivity index (χ1n) is 12.3. The molecule has 1 aromatic carbocycles. The summed E-state index contributed by atoms with van der Waals surface area (Å²) < 4.78 is 26.5. The molecule has 2 fully saturated rings. The van der Waals surface area contributed by atoms with Crippen LogP contribution < -0.4 is 9.64 Å². The van der Waals surface area contributed by atoms with Gasteiger partial charge in [-0.3, -0.25) is 4.79 Å². The van der Waals surface area contributed by atoms with E-state index in [2.05, 4.69) is 14.9 Å². The Morgan fingerprint density at radius 3 is 2.49 bits per heavy atom. The predicted octanol–water partition coefficient (Wildman–Crippen LogP) is 5.25. The number of hydrogen-bond acceptors (Lipinski definition) is 5. The number of halogens is 1. The fourth-order valence-corrected chi connectivity index (χ4v) is 5.18. The lowest BCUT2D eigenvalue weighted by molar-refractivity contribution is -0.151. The number of aromatic nitrogens is 2. The van der Waals surface area contributed by atoms with Gasteiger partial charge < -0.3 is 24.5 Å². The fraction of sp³-hybridized carbons (Fsp3) is 0.481. The van der Waals surface area contributed by atoms with Crippen LogP contribution in [0.4, 0.5) is 10.1 Å². The van der Waals surface area contributed by atoms with Crippen molar-refractivity contribution < 1.29 is 23.8 Å². The molecule has 2 N–H and O–H groups in total. The normalized spacial score (nSPS) is 21.3. The van der Waals surface area contributed by atoms with Gasteiger partial charge in [0, 0.05) is 36.5 Å².